The highest BCUT2D eigenvalue weighted by Crippen LogP contribution is 2.29. The summed E-state index contributed by atoms with van der Waals surface area (Å²) in [6.45, 7) is 4.10. The molecule has 0 amide bonds. The summed E-state index contributed by atoms with van der Waals surface area (Å²) in [5.74, 6) is -0.217. The summed E-state index contributed by atoms with van der Waals surface area (Å²) in [5.41, 5.74) is 7.93. The molecule has 4 heteroatoms. The first-order valence-corrected chi connectivity index (χ1v) is 11.4. The van der Waals surface area contributed by atoms with Crippen molar-refractivity contribution in [3.05, 3.63) is 95.4 Å². The maximum atomic E-state index is 13.3. The second kappa shape index (κ2) is 9.49. The number of likely N-dealkylation sites (tertiary alicyclic amines) is 1. The van der Waals surface area contributed by atoms with Crippen LogP contribution in [0.4, 0.5) is 10.1 Å². The third-order valence-corrected chi connectivity index (χ3v) is 6.29. The second-order valence-electron chi connectivity index (χ2n) is 8.63. The number of hydrogen-bond acceptors (Lipinski definition) is 3. The first-order chi connectivity index (χ1) is 15.7. The highest BCUT2D eigenvalue weighted by atomic mass is 19.1. The fraction of sp³-hybridized carbons (Fsp3) is 0.250. The molecule has 2 aliphatic rings. The SMILES string of the molecule is Fc1ccc(-c2ccc3c(c2)/C(=C/Nc2ccc(CN4CCCCC4)cc2)CN=C3)cc1. The maximum Gasteiger partial charge on any atom is 0.123 e. The first kappa shape index (κ1) is 20.7. The lowest BCUT2D eigenvalue weighted by atomic mass is 9.94. The molecule has 0 unspecified atom stereocenters. The fourth-order valence-corrected chi connectivity index (χ4v) is 4.47. The van der Waals surface area contributed by atoms with Gasteiger partial charge in [-0.2, -0.15) is 0 Å². The second-order valence-corrected chi connectivity index (χ2v) is 8.63. The van der Waals surface area contributed by atoms with Crippen molar-refractivity contribution in [1.29, 1.82) is 0 Å². The van der Waals surface area contributed by atoms with Gasteiger partial charge in [-0.25, -0.2) is 4.39 Å². The summed E-state index contributed by atoms with van der Waals surface area (Å²) >= 11 is 0. The molecular formula is C28H28FN3. The van der Waals surface area contributed by atoms with E-state index in [4.69, 9.17) is 0 Å². The van der Waals surface area contributed by atoms with Gasteiger partial charge in [-0.3, -0.25) is 9.89 Å². The molecule has 32 heavy (non-hydrogen) atoms. The van der Waals surface area contributed by atoms with Crippen LogP contribution in [0.1, 0.15) is 36.0 Å². The minimum absolute atomic E-state index is 0.217. The molecule has 0 spiro atoms. The van der Waals surface area contributed by atoms with Crippen LogP contribution in [0.3, 0.4) is 0 Å². The third-order valence-electron chi connectivity index (χ3n) is 6.29. The van der Waals surface area contributed by atoms with Crippen molar-refractivity contribution in [2.45, 2.75) is 25.8 Å². The van der Waals surface area contributed by atoms with Gasteiger partial charge in [0.25, 0.3) is 0 Å². The molecular weight excluding hydrogens is 397 g/mol. The van der Waals surface area contributed by atoms with E-state index in [1.54, 1.807) is 0 Å². The van der Waals surface area contributed by atoms with E-state index in [-0.39, 0.29) is 5.82 Å². The summed E-state index contributed by atoms with van der Waals surface area (Å²) < 4.78 is 13.3. The molecule has 162 valence electrons. The van der Waals surface area contributed by atoms with E-state index in [2.05, 4.69) is 63.9 Å². The van der Waals surface area contributed by atoms with E-state index < -0.39 is 0 Å². The van der Waals surface area contributed by atoms with Crippen molar-refractivity contribution in [2.24, 2.45) is 4.99 Å². The average Bonchev–Trinajstić information content (AvgIpc) is 2.84. The van der Waals surface area contributed by atoms with Gasteiger partial charge in [0.05, 0.1) is 6.54 Å². The van der Waals surface area contributed by atoms with E-state index in [0.29, 0.717) is 6.54 Å². The smallest absolute Gasteiger partial charge is 0.123 e. The lowest BCUT2D eigenvalue weighted by Gasteiger charge is -2.26. The van der Waals surface area contributed by atoms with Crippen LogP contribution >= 0.6 is 0 Å². The Morgan fingerprint density at radius 2 is 1.62 bits per heavy atom. The van der Waals surface area contributed by atoms with Crippen LogP contribution < -0.4 is 5.32 Å². The number of rotatable bonds is 5. The Kier molecular flexibility index (Phi) is 6.13. The molecule has 0 radical (unpaired) electrons. The predicted octanol–water partition coefficient (Wildman–Crippen LogP) is 6.36. The highest BCUT2D eigenvalue weighted by Gasteiger charge is 2.13. The third kappa shape index (κ3) is 4.81. The standard InChI is InChI=1S/C28H28FN3/c29-26-10-8-22(9-11-26)23-6-7-24-17-30-18-25(28(24)16-23)19-31-27-12-4-21(5-13-27)20-32-14-2-1-3-15-32/h4-13,16-17,19,31H,1-3,14-15,18,20H2/b25-19+. The number of fused-ring (bicyclic) bond motifs is 1. The number of nitrogens with one attached hydrogen (secondary N) is 1. The van der Waals surface area contributed by atoms with Crippen LogP contribution in [0, 0.1) is 5.82 Å². The van der Waals surface area contributed by atoms with Gasteiger partial charge >= 0.3 is 0 Å². The van der Waals surface area contributed by atoms with E-state index in [1.165, 1.54) is 50.0 Å². The Morgan fingerprint density at radius 1 is 0.875 bits per heavy atom. The molecule has 1 N–H and O–H groups in total. The number of benzene rings is 3. The molecule has 2 aliphatic heterocycles. The summed E-state index contributed by atoms with van der Waals surface area (Å²) in [6.07, 6.45) is 7.99. The summed E-state index contributed by atoms with van der Waals surface area (Å²) in [7, 11) is 0. The normalized spacial score (nSPS) is 17.3. The predicted molar refractivity (Wildman–Crippen MR) is 131 cm³/mol. The zero-order chi connectivity index (χ0) is 21.8. The largest absolute Gasteiger partial charge is 0.361 e. The zero-order valence-corrected chi connectivity index (χ0v) is 18.2. The van der Waals surface area contributed by atoms with Gasteiger partial charge in [0.2, 0.25) is 0 Å². The zero-order valence-electron chi connectivity index (χ0n) is 18.2. The van der Waals surface area contributed by atoms with Crippen LogP contribution in [0.2, 0.25) is 0 Å². The molecule has 0 aromatic heterocycles. The summed E-state index contributed by atoms with van der Waals surface area (Å²) in [6, 6.07) is 21.7. The molecule has 2 heterocycles. The quantitative estimate of drug-likeness (QED) is 0.515. The number of hydrogen-bond donors (Lipinski definition) is 1. The van der Waals surface area contributed by atoms with Gasteiger partial charge in [0.15, 0.2) is 0 Å². The molecule has 0 saturated carbocycles. The molecule has 3 aromatic rings. The van der Waals surface area contributed by atoms with Crippen molar-refractivity contribution in [3.63, 3.8) is 0 Å². The molecule has 0 aliphatic carbocycles. The van der Waals surface area contributed by atoms with Crippen LogP contribution in [-0.2, 0) is 6.54 Å². The van der Waals surface area contributed by atoms with Crippen molar-refractivity contribution >= 4 is 17.5 Å². The van der Waals surface area contributed by atoms with Gasteiger partial charge in [0.1, 0.15) is 5.82 Å². The van der Waals surface area contributed by atoms with Crippen LogP contribution in [0.25, 0.3) is 16.7 Å². The number of halogens is 1. The van der Waals surface area contributed by atoms with Crippen molar-refractivity contribution in [2.75, 3.05) is 25.0 Å². The summed E-state index contributed by atoms with van der Waals surface area (Å²) in [5, 5.41) is 3.45. The van der Waals surface area contributed by atoms with Crippen molar-refractivity contribution < 1.29 is 4.39 Å². The number of piperidine rings is 1. The molecule has 1 saturated heterocycles. The molecule has 5 rings (SSSR count). The molecule has 0 atom stereocenters. The van der Waals surface area contributed by atoms with Crippen LogP contribution in [0.15, 0.2) is 77.9 Å². The topological polar surface area (TPSA) is 27.6 Å². The van der Waals surface area contributed by atoms with Gasteiger partial charge in [-0.15, -0.1) is 0 Å². The van der Waals surface area contributed by atoms with Gasteiger partial charge < -0.3 is 5.32 Å². The van der Waals surface area contributed by atoms with Crippen LogP contribution in [-0.4, -0.2) is 30.7 Å². The van der Waals surface area contributed by atoms with E-state index >= 15 is 0 Å². The van der Waals surface area contributed by atoms with Crippen molar-refractivity contribution in [3.8, 4) is 11.1 Å². The Morgan fingerprint density at radius 3 is 2.41 bits per heavy atom. The Bertz CT molecular complexity index is 1120. The van der Waals surface area contributed by atoms with Gasteiger partial charge in [-0.1, -0.05) is 42.8 Å². The Balaban J connectivity index is 1.31. The maximum absolute atomic E-state index is 13.3. The number of aliphatic imine (C=N–C) groups is 1. The number of nitrogens with zero attached hydrogens (tertiary/aromatic N) is 2. The number of anilines is 1. The molecule has 0 bridgehead atoms. The lowest BCUT2D eigenvalue weighted by Crippen LogP contribution is -2.29. The molecule has 3 aromatic carbocycles. The Labute approximate surface area is 189 Å². The Hall–Kier alpha value is -3.24. The minimum atomic E-state index is -0.217. The highest BCUT2D eigenvalue weighted by molar-refractivity contribution is 5.94. The van der Waals surface area contributed by atoms with E-state index in [0.717, 1.165) is 40.1 Å². The first-order valence-electron chi connectivity index (χ1n) is 11.4. The molecule has 3 nitrogen and oxygen atoms in total. The van der Waals surface area contributed by atoms with Crippen molar-refractivity contribution in [1.82, 2.24) is 4.90 Å². The lowest BCUT2D eigenvalue weighted by molar-refractivity contribution is 0.221. The molecule has 1 fully saturated rings. The van der Waals surface area contributed by atoms with Gasteiger partial charge in [-0.05, 0) is 89.7 Å². The minimum Gasteiger partial charge on any atom is -0.361 e. The fourth-order valence-electron chi connectivity index (χ4n) is 4.47. The average molecular weight is 426 g/mol. The monoisotopic (exact) mass is 425 g/mol. The summed E-state index contributed by atoms with van der Waals surface area (Å²) in [4.78, 5) is 7.06. The van der Waals surface area contributed by atoms with E-state index in [9.17, 15) is 4.39 Å². The van der Waals surface area contributed by atoms with E-state index in [1.807, 2.05) is 18.3 Å². The van der Waals surface area contributed by atoms with Crippen LogP contribution in [0.5, 0.6) is 0 Å². The van der Waals surface area contributed by atoms with Gasteiger partial charge in [0, 0.05) is 24.6 Å².